The van der Waals surface area contributed by atoms with Gasteiger partial charge in [0.1, 0.15) is 0 Å². The van der Waals surface area contributed by atoms with E-state index in [2.05, 4.69) is 23.9 Å². The Kier molecular flexibility index (Phi) is 5.85. The fraction of sp³-hybridized carbons (Fsp3) is 0.381. The molecule has 1 saturated carbocycles. The number of benzene rings is 2. The number of carbonyl (C=O) groups excluding carboxylic acids is 1. The molecule has 0 radical (unpaired) electrons. The van der Waals surface area contributed by atoms with E-state index in [0.29, 0.717) is 23.1 Å². The minimum atomic E-state index is -3.68. The molecule has 1 fully saturated rings. The molecule has 27 heavy (non-hydrogen) atoms. The van der Waals surface area contributed by atoms with Crippen molar-refractivity contribution in [1.82, 2.24) is 5.32 Å². The number of carbonyl (C=O) groups is 1. The Morgan fingerprint density at radius 3 is 2.30 bits per heavy atom. The van der Waals surface area contributed by atoms with Crippen LogP contribution in [0.5, 0.6) is 0 Å². The SMILES string of the molecule is CC1CCCC(NC(=O)c2ccc(S(=O)(=O)Nc3ccccc3)cc2)C1C. The number of hydrogen-bond donors (Lipinski definition) is 2. The summed E-state index contributed by atoms with van der Waals surface area (Å²) in [5, 5.41) is 3.11. The number of anilines is 1. The van der Waals surface area contributed by atoms with Crippen molar-refractivity contribution >= 4 is 21.6 Å². The van der Waals surface area contributed by atoms with E-state index in [-0.39, 0.29) is 16.8 Å². The second-order valence-corrected chi connectivity index (χ2v) is 9.03. The lowest BCUT2D eigenvalue weighted by molar-refractivity contribution is 0.0891. The summed E-state index contributed by atoms with van der Waals surface area (Å²) in [5.74, 6) is 0.888. The van der Waals surface area contributed by atoms with Crippen LogP contribution in [0.3, 0.4) is 0 Å². The molecule has 2 N–H and O–H groups in total. The molecule has 0 aromatic heterocycles. The Morgan fingerprint density at radius 2 is 1.63 bits per heavy atom. The van der Waals surface area contributed by atoms with Gasteiger partial charge in [0.25, 0.3) is 15.9 Å². The number of hydrogen-bond acceptors (Lipinski definition) is 3. The number of sulfonamides is 1. The van der Waals surface area contributed by atoms with Crippen molar-refractivity contribution in [3.63, 3.8) is 0 Å². The Balaban J connectivity index is 1.68. The largest absolute Gasteiger partial charge is 0.349 e. The molecule has 0 aliphatic heterocycles. The first kappa shape index (κ1) is 19.4. The van der Waals surface area contributed by atoms with E-state index in [1.165, 1.54) is 18.6 Å². The lowest BCUT2D eigenvalue weighted by Crippen LogP contribution is -2.43. The molecule has 5 nitrogen and oxygen atoms in total. The van der Waals surface area contributed by atoms with Crippen LogP contribution in [-0.4, -0.2) is 20.4 Å². The van der Waals surface area contributed by atoms with Crippen molar-refractivity contribution in [3.05, 3.63) is 60.2 Å². The van der Waals surface area contributed by atoms with Gasteiger partial charge in [-0.15, -0.1) is 0 Å². The first-order valence-corrected chi connectivity index (χ1v) is 10.8. The highest BCUT2D eigenvalue weighted by Gasteiger charge is 2.28. The molecule has 1 aliphatic rings. The molecule has 1 amide bonds. The summed E-state index contributed by atoms with van der Waals surface area (Å²) in [5.41, 5.74) is 0.971. The van der Waals surface area contributed by atoms with Crippen LogP contribution < -0.4 is 10.0 Å². The minimum Gasteiger partial charge on any atom is -0.349 e. The number of nitrogens with one attached hydrogen (secondary N) is 2. The van der Waals surface area contributed by atoms with E-state index < -0.39 is 10.0 Å². The topological polar surface area (TPSA) is 75.3 Å². The summed E-state index contributed by atoms with van der Waals surface area (Å²) in [7, 11) is -3.68. The molecule has 0 saturated heterocycles. The Labute approximate surface area is 161 Å². The fourth-order valence-corrected chi connectivity index (χ4v) is 4.60. The van der Waals surface area contributed by atoms with Crippen LogP contribution in [0.25, 0.3) is 0 Å². The Hall–Kier alpha value is -2.34. The van der Waals surface area contributed by atoms with Crippen molar-refractivity contribution in [3.8, 4) is 0 Å². The first-order valence-electron chi connectivity index (χ1n) is 9.35. The maximum atomic E-state index is 12.5. The average molecular weight is 387 g/mol. The van der Waals surface area contributed by atoms with Gasteiger partial charge in [-0.1, -0.05) is 44.9 Å². The summed E-state index contributed by atoms with van der Waals surface area (Å²) >= 11 is 0. The molecule has 3 rings (SSSR count). The first-order chi connectivity index (χ1) is 12.9. The maximum Gasteiger partial charge on any atom is 0.261 e. The van der Waals surface area contributed by atoms with Crippen LogP contribution in [0, 0.1) is 11.8 Å². The van der Waals surface area contributed by atoms with Crippen LogP contribution in [-0.2, 0) is 10.0 Å². The summed E-state index contributed by atoms with van der Waals surface area (Å²) in [6, 6.07) is 14.9. The third-order valence-corrected chi connectivity index (χ3v) is 6.87. The van der Waals surface area contributed by atoms with E-state index in [1.807, 2.05) is 6.07 Å². The van der Waals surface area contributed by atoms with Crippen molar-refractivity contribution < 1.29 is 13.2 Å². The van der Waals surface area contributed by atoms with Gasteiger partial charge in [0.15, 0.2) is 0 Å². The number of amides is 1. The van der Waals surface area contributed by atoms with Gasteiger partial charge >= 0.3 is 0 Å². The second kappa shape index (κ2) is 8.13. The molecular weight excluding hydrogens is 360 g/mol. The zero-order chi connectivity index (χ0) is 19.4. The second-order valence-electron chi connectivity index (χ2n) is 7.34. The minimum absolute atomic E-state index is 0.127. The molecule has 2 aromatic carbocycles. The van der Waals surface area contributed by atoms with E-state index >= 15 is 0 Å². The van der Waals surface area contributed by atoms with E-state index in [1.54, 1.807) is 36.4 Å². The lowest BCUT2D eigenvalue weighted by Gasteiger charge is -2.34. The molecule has 144 valence electrons. The van der Waals surface area contributed by atoms with E-state index in [9.17, 15) is 13.2 Å². The monoisotopic (exact) mass is 386 g/mol. The zero-order valence-corrected chi connectivity index (χ0v) is 16.5. The zero-order valence-electron chi connectivity index (χ0n) is 15.7. The molecule has 3 unspecified atom stereocenters. The van der Waals surface area contributed by atoms with Crippen LogP contribution >= 0.6 is 0 Å². The van der Waals surface area contributed by atoms with Gasteiger partial charge in [-0.3, -0.25) is 9.52 Å². The van der Waals surface area contributed by atoms with Gasteiger partial charge in [-0.2, -0.15) is 0 Å². The summed E-state index contributed by atoms with van der Waals surface area (Å²) in [4.78, 5) is 12.7. The van der Waals surface area contributed by atoms with Crippen molar-refractivity contribution in [2.75, 3.05) is 4.72 Å². The number of para-hydroxylation sites is 1. The Morgan fingerprint density at radius 1 is 0.963 bits per heavy atom. The lowest BCUT2D eigenvalue weighted by atomic mass is 9.78. The van der Waals surface area contributed by atoms with Crippen LogP contribution in [0.4, 0.5) is 5.69 Å². The van der Waals surface area contributed by atoms with Gasteiger partial charge in [0, 0.05) is 17.3 Å². The van der Waals surface area contributed by atoms with Gasteiger partial charge in [-0.25, -0.2) is 8.42 Å². The molecule has 0 spiro atoms. The van der Waals surface area contributed by atoms with Crippen LogP contribution in [0.1, 0.15) is 43.5 Å². The van der Waals surface area contributed by atoms with Gasteiger partial charge in [-0.05, 0) is 54.7 Å². The summed E-state index contributed by atoms with van der Waals surface area (Å²) in [6.07, 6.45) is 3.32. The van der Waals surface area contributed by atoms with Crippen molar-refractivity contribution in [2.24, 2.45) is 11.8 Å². The Bertz CT molecular complexity index is 879. The third-order valence-electron chi connectivity index (χ3n) is 5.48. The van der Waals surface area contributed by atoms with Gasteiger partial charge in [0.05, 0.1) is 4.90 Å². The van der Waals surface area contributed by atoms with Crippen molar-refractivity contribution in [1.29, 1.82) is 0 Å². The molecule has 2 aromatic rings. The fourth-order valence-electron chi connectivity index (χ4n) is 3.54. The highest BCUT2D eigenvalue weighted by Crippen LogP contribution is 2.29. The number of rotatable bonds is 5. The molecule has 3 atom stereocenters. The highest BCUT2D eigenvalue weighted by molar-refractivity contribution is 7.92. The summed E-state index contributed by atoms with van der Waals surface area (Å²) in [6.45, 7) is 4.40. The molecular formula is C21H26N2O3S. The standard InChI is InChI=1S/C21H26N2O3S/c1-15-7-6-10-20(16(15)2)22-21(24)17-11-13-19(14-12-17)27(25,26)23-18-8-4-3-5-9-18/h3-5,8-9,11-16,20,23H,6-7,10H2,1-2H3,(H,22,24). The molecule has 6 heteroatoms. The van der Waals surface area contributed by atoms with Crippen LogP contribution in [0.2, 0.25) is 0 Å². The third kappa shape index (κ3) is 4.69. The molecule has 1 aliphatic carbocycles. The predicted molar refractivity (Wildman–Crippen MR) is 107 cm³/mol. The predicted octanol–water partition coefficient (Wildman–Crippen LogP) is 4.04. The summed E-state index contributed by atoms with van der Waals surface area (Å²) < 4.78 is 27.5. The van der Waals surface area contributed by atoms with Crippen molar-refractivity contribution in [2.45, 2.75) is 44.0 Å². The smallest absolute Gasteiger partial charge is 0.261 e. The normalized spacial score (nSPS) is 22.8. The van der Waals surface area contributed by atoms with E-state index in [4.69, 9.17) is 0 Å². The van der Waals surface area contributed by atoms with Crippen LogP contribution in [0.15, 0.2) is 59.5 Å². The van der Waals surface area contributed by atoms with E-state index in [0.717, 1.165) is 12.8 Å². The van der Waals surface area contributed by atoms with Gasteiger partial charge < -0.3 is 5.32 Å². The van der Waals surface area contributed by atoms with Gasteiger partial charge in [0.2, 0.25) is 0 Å². The highest BCUT2D eigenvalue weighted by atomic mass is 32.2. The quantitative estimate of drug-likeness (QED) is 0.814. The molecule has 0 bridgehead atoms. The maximum absolute atomic E-state index is 12.5. The molecule has 0 heterocycles. The average Bonchev–Trinajstić information content (AvgIpc) is 2.66.